The number of ether oxygens (including phenoxy) is 4. The summed E-state index contributed by atoms with van der Waals surface area (Å²) in [4.78, 5) is 1.61. The van der Waals surface area contributed by atoms with Crippen molar-refractivity contribution in [3.63, 3.8) is 0 Å². The van der Waals surface area contributed by atoms with Crippen LogP contribution in [0, 0.1) is 3.57 Å². The Hall–Kier alpha value is -5.69. The molecule has 9 rings (SSSR count). The molecular formula is C46H31F6IO4. The van der Waals surface area contributed by atoms with E-state index in [2.05, 4.69) is 38.5 Å². The number of rotatable bonds is 8. The van der Waals surface area contributed by atoms with Gasteiger partial charge in [0.2, 0.25) is 0 Å². The molecule has 0 bridgehead atoms. The third-order valence-corrected chi connectivity index (χ3v) is 15.0. The number of benzene rings is 6. The summed E-state index contributed by atoms with van der Waals surface area (Å²) >= 11 is -2.74. The second-order valence-corrected chi connectivity index (χ2v) is 18.9. The average molecular weight is 889 g/mol. The van der Waals surface area contributed by atoms with Crippen molar-refractivity contribution < 1.29 is 45.3 Å². The molecule has 1 unspecified atom stereocenters. The monoisotopic (exact) mass is 888 g/mol. The van der Waals surface area contributed by atoms with Crippen molar-refractivity contribution in [3.8, 4) is 56.4 Å². The van der Waals surface area contributed by atoms with Crippen LogP contribution in [0.3, 0.4) is 0 Å². The van der Waals surface area contributed by atoms with Crippen molar-refractivity contribution in [2.45, 2.75) is 29.4 Å². The van der Waals surface area contributed by atoms with Crippen LogP contribution in [0.5, 0.6) is 23.0 Å². The van der Waals surface area contributed by atoms with Gasteiger partial charge in [0.15, 0.2) is 11.5 Å². The number of hydrogen-bond donors (Lipinski definition) is 0. The molecule has 6 aromatic rings. The predicted octanol–water partition coefficient (Wildman–Crippen LogP) is 13.5. The van der Waals surface area contributed by atoms with E-state index in [1.54, 1.807) is 35.3 Å². The van der Waals surface area contributed by atoms with Gasteiger partial charge in [-0.1, -0.05) is 66.7 Å². The van der Waals surface area contributed by atoms with Crippen LogP contribution in [0.1, 0.15) is 29.0 Å². The summed E-state index contributed by atoms with van der Waals surface area (Å²) in [6.07, 6.45) is 1.40. The van der Waals surface area contributed by atoms with Gasteiger partial charge in [0.1, 0.15) is 5.75 Å². The number of allylic oxidation sites excluding steroid dienone is 4. The number of halogens is 7. The molecule has 0 radical (unpaired) electrons. The molecule has 11 heteroatoms. The molecule has 1 atom stereocenters. The van der Waals surface area contributed by atoms with Gasteiger partial charge in [-0.15, -0.1) is 8.78 Å². The van der Waals surface area contributed by atoms with Gasteiger partial charge in [-0.3, -0.25) is 0 Å². The van der Waals surface area contributed by atoms with E-state index in [-0.39, 0.29) is 28.9 Å². The van der Waals surface area contributed by atoms with E-state index >= 15 is 0 Å². The predicted molar refractivity (Wildman–Crippen MR) is 216 cm³/mol. The topological polar surface area (TPSA) is 36.9 Å². The molecule has 4 nitrogen and oxygen atoms in total. The maximum absolute atomic E-state index is 14.3. The summed E-state index contributed by atoms with van der Waals surface area (Å²) in [5, 5.41) is 0. The normalized spacial score (nSPS) is 18.1. The van der Waals surface area contributed by atoms with Crippen LogP contribution in [0.25, 0.3) is 44.5 Å². The third kappa shape index (κ3) is 7.48. The summed E-state index contributed by atoms with van der Waals surface area (Å²) in [6.45, 7) is -2.89. The molecule has 6 aromatic carbocycles. The Kier molecular flexibility index (Phi) is 9.30. The first-order chi connectivity index (χ1) is 27.4. The zero-order valence-electron chi connectivity index (χ0n) is 30.0. The van der Waals surface area contributed by atoms with Crippen LogP contribution in [0.2, 0.25) is 0 Å². The Morgan fingerprint density at radius 1 is 0.579 bits per heavy atom. The molecule has 2 aliphatic heterocycles. The summed E-state index contributed by atoms with van der Waals surface area (Å²) in [5.41, 5.74) is 10.1. The number of fused-ring (bicyclic) bond motifs is 2. The first-order valence-corrected chi connectivity index (χ1v) is 22.2. The zero-order chi connectivity index (χ0) is 39.5. The summed E-state index contributed by atoms with van der Waals surface area (Å²) in [6, 6.07) is 40.6. The molecule has 0 fully saturated rings. The van der Waals surface area contributed by atoms with Gasteiger partial charge >= 0.3 is 171 Å². The van der Waals surface area contributed by atoms with E-state index in [1.165, 1.54) is 24.3 Å². The molecule has 0 amide bonds. The quantitative estimate of drug-likeness (QED) is 0.0867. The Bertz CT molecular complexity index is 2530. The second kappa shape index (κ2) is 14.4. The van der Waals surface area contributed by atoms with Crippen LogP contribution in [-0.2, 0) is 0 Å². The van der Waals surface area contributed by atoms with Gasteiger partial charge in [0.25, 0.3) is 0 Å². The Labute approximate surface area is 331 Å². The van der Waals surface area contributed by atoms with Crippen LogP contribution in [-0.4, -0.2) is 22.0 Å². The van der Waals surface area contributed by atoms with Crippen LogP contribution in [0.15, 0.2) is 146 Å². The van der Waals surface area contributed by atoms with Crippen molar-refractivity contribution >= 4 is 31.0 Å². The first kappa shape index (κ1) is 36.9. The second-order valence-electron chi connectivity index (χ2n) is 13.8. The van der Waals surface area contributed by atoms with Gasteiger partial charge in [-0.05, 0) is 46.5 Å². The molecule has 0 N–H and O–H groups in total. The molecular weight excluding hydrogens is 857 g/mol. The van der Waals surface area contributed by atoms with Crippen molar-refractivity contribution in [3.05, 3.63) is 166 Å². The Morgan fingerprint density at radius 3 is 1.74 bits per heavy atom. The van der Waals surface area contributed by atoms with Gasteiger partial charge in [-0.25, -0.2) is 0 Å². The van der Waals surface area contributed by atoms with Gasteiger partial charge in [0, 0.05) is 0 Å². The Balaban J connectivity index is 1.01. The van der Waals surface area contributed by atoms with Crippen LogP contribution < -0.4 is 18.9 Å². The number of hydrogen-bond acceptors (Lipinski definition) is 4. The van der Waals surface area contributed by atoms with E-state index in [9.17, 15) is 26.3 Å². The standard InChI is InChI=1S/C46H31F6IO4/c1-53-40-20-16-34(25-42(40)55-45(53,49)50)29-4-10-32(11-5-29)37-22-36(31-8-2-27(3-9-31)28-14-18-39(19-15-28)54-44(47)48)23-38(24-37)33-12-6-30(7-13-33)35-17-21-41-43(26-35)57-46(51,52)56-41/h2-21,23-26,36,44H,22H2,1H3. The molecule has 0 saturated heterocycles. The molecule has 1 aliphatic carbocycles. The summed E-state index contributed by atoms with van der Waals surface area (Å²) in [5.74, 6) is 0.305. The van der Waals surface area contributed by atoms with E-state index in [0.29, 0.717) is 15.6 Å². The Morgan fingerprint density at radius 2 is 1.09 bits per heavy atom. The fraction of sp³-hybridized carbons (Fsp3) is 0.130. The van der Waals surface area contributed by atoms with Gasteiger partial charge < -0.3 is 14.2 Å². The molecule has 57 heavy (non-hydrogen) atoms. The average Bonchev–Trinajstić information content (AvgIpc) is 3.65. The van der Waals surface area contributed by atoms with E-state index in [0.717, 1.165) is 55.7 Å². The van der Waals surface area contributed by atoms with E-state index in [1.807, 2.05) is 66.7 Å². The fourth-order valence-electron chi connectivity index (χ4n) is 7.31. The minimum absolute atomic E-state index is 0.00651. The third-order valence-electron chi connectivity index (χ3n) is 10.2. The molecule has 2 heterocycles. The molecule has 0 saturated carbocycles. The molecule has 0 spiro atoms. The fourth-order valence-corrected chi connectivity index (χ4v) is 10.3. The van der Waals surface area contributed by atoms with E-state index < -0.39 is 36.8 Å². The number of alkyl halides is 8. The van der Waals surface area contributed by atoms with Gasteiger partial charge in [0.05, 0.1) is 0 Å². The van der Waals surface area contributed by atoms with Crippen molar-refractivity contribution in [2.24, 2.45) is 0 Å². The van der Waals surface area contributed by atoms with Crippen LogP contribution >= 0.6 is 19.8 Å². The molecule has 288 valence electrons. The summed E-state index contributed by atoms with van der Waals surface area (Å²) < 4.78 is 97.6. The van der Waals surface area contributed by atoms with Crippen molar-refractivity contribution in [1.29, 1.82) is 0 Å². The van der Waals surface area contributed by atoms with Crippen molar-refractivity contribution in [2.75, 3.05) is 4.93 Å². The first-order valence-electron chi connectivity index (χ1n) is 17.9. The maximum atomic E-state index is 14.3. The van der Waals surface area contributed by atoms with Crippen molar-refractivity contribution in [1.82, 2.24) is 0 Å². The summed E-state index contributed by atoms with van der Waals surface area (Å²) in [7, 11) is 0. The molecule has 3 aliphatic rings. The van der Waals surface area contributed by atoms with E-state index in [4.69, 9.17) is 4.74 Å². The van der Waals surface area contributed by atoms with Gasteiger partial charge in [-0.2, -0.15) is 8.78 Å². The SMILES string of the molecule is CI1c2ccc(-c3ccc(C4=CC(c5ccc(-c6ccc7c(c6)OC(F)(F)O7)cc5)=CC(c5ccc(-c6ccc(OC(F)F)cc6)cc5)C4)cc3)cc2OC1(F)F. The zero-order valence-corrected chi connectivity index (χ0v) is 32.2. The minimum atomic E-state index is -3.70. The van der Waals surface area contributed by atoms with Crippen LogP contribution in [0.4, 0.5) is 26.3 Å². The molecule has 0 aromatic heterocycles.